The Bertz CT molecular complexity index is 549. The van der Waals surface area contributed by atoms with Crippen molar-refractivity contribution >= 4 is 11.4 Å². The van der Waals surface area contributed by atoms with Crippen molar-refractivity contribution in [2.75, 3.05) is 18.0 Å². The molecule has 1 aliphatic heterocycles. The molecule has 1 aromatic carbocycles. The standard InChI is InChI=1S/C13H15N3O3/c1-13(17)5-2-6-15(9-13)11-4-3-10(8-14)12(7-11)16(18)19/h3-4,7,17H,2,5-6,9H2,1H3. The second-order valence-electron chi connectivity index (χ2n) is 5.09. The van der Waals surface area contributed by atoms with Crippen molar-refractivity contribution in [1.82, 2.24) is 0 Å². The molecule has 1 saturated heterocycles. The zero-order valence-corrected chi connectivity index (χ0v) is 10.7. The summed E-state index contributed by atoms with van der Waals surface area (Å²) in [7, 11) is 0. The van der Waals surface area contributed by atoms with Gasteiger partial charge in [-0.1, -0.05) is 0 Å². The van der Waals surface area contributed by atoms with Crippen LogP contribution in [0.2, 0.25) is 0 Å². The van der Waals surface area contributed by atoms with E-state index in [2.05, 4.69) is 0 Å². The van der Waals surface area contributed by atoms with Gasteiger partial charge in [0.25, 0.3) is 5.69 Å². The minimum absolute atomic E-state index is 0.0533. The number of hydrogen-bond acceptors (Lipinski definition) is 5. The van der Waals surface area contributed by atoms with E-state index in [0.717, 1.165) is 19.4 Å². The van der Waals surface area contributed by atoms with Crippen molar-refractivity contribution < 1.29 is 10.0 Å². The fourth-order valence-corrected chi connectivity index (χ4v) is 2.40. The van der Waals surface area contributed by atoms with E-state index in [9.17, 15) is 15.2 Å². The maximum Gasteiger partial charge on any atom is 0.289 e. The number of nitrogens with zero attached hydrogens (tertiary/aromatic N) is 3. The Balaban J connectivity index is 2.33. The average molecular weight is 261 g/mol. The summed E-state index contributed by atoms with van der Waals surface area (Å²) in [4.78, 5) is 12.3. The van der Waals surface area contributed by atoms with Gasteiger partial charge in [0.15, 0.2) is 0 Å². The van der Waals surface area contributed by atoms with Gasteiger partial charge in [0.2, 0.25) is 0 Å². The fourth-order valence-electron chi connectivity index (χ4n) is 2.40. The Morgan fingerprint density at radius 2 is 2.32 bits per heavy atom. The number of aliphatic hydroxyl groups is 1. The van der Waals surface area contributed by atoms with Gasteiger partial charge in [-0.3, -0.25) is 10.1 Å². The zero-order valence-electron chi connectivity index (χ0n) is 10.7. The monoisotopic (exact) mass is 261 g/mol. The van der Waals surface area contributed by atoms with E-state index in [-0.39, 0.29) is 11.3 Å². The van der Waals surface area contributed by atoms with Crippen LogP contribution in [0.15, 0.2) is 18.2 Å². The molecule has 100 valence electrons. The summed E-state index contributed by atoms with van der Waals surface area (Å²) in [5.74, 6) is 0. The number of piperidine rings is 1. The molecule has 1 fully saturated rings. The highest BCUT2D eigenvalue weighted by molar-refractivity contribution is 5.60. The predicted octanol–water partition coefficient (Wildman–Crippen LogP) is 1.82. The summed E-state index contributed by atoms with van der Waals surface area (Å²) in [6, 6.07) is 6.36. The van der Waals surface area contributed by atoms with Crippen LogP contribution in [0.25, 0.3) is 0 Å². The summed E-state index contributed by atoms with van der Waals surface area (Å²) in [5, 5.41) is 29.8. The highest BCUT2D eigenvalue weighted by atomic mass is 16.6. The molecule has 0 bridgehead atoms. The third-order valence-corrected chi connectivity index (χ3v) is 3.34. The van der Waals surface area contributed by atoms with Gasteiger partial charge in [0.1, 0.15) is 11.6 Å². The van der Waals surface area contributed by atoms with Crippen LogP contribution in [0.4, 0.5) is 11.4 Å². The van der Waals surface area contributed by atoms with Gasteiger partial charge in [0.05, 0.1) is 10.5 Å². The van der Waals surface area contributed by atoms with E-state index in [4.69, 9.17) is 5.26 Å². The Hall–Kier alpha value is -2.13. The Morgan fingerprint density at radius 1 is 1.58 bits per heavy atom. The first-order valence-corrected chi connectivity index (χ1v) is 6.09. The smallest absolute Gasteiger partial charge is 0.289 e. The Morgan fingerprint density at radius 3 is 2.89 bits per heavy atom. The molecule has 1 N–H and O–H groups in total. The summed E-state index contributed by atoms with van der Waals surface area (Å²) in [5.41, 5.74) is -0.241. The van der Waals surface area contributed by atoms with Gasteiger partial charge in [-0.15, -0.1) is 0 Å². The molecule has 1 aromatic rings. The van der Waals surface area contributed by atoms with Crippen LogP contribution in [-0.2, 0) is 0 Å². The molecule has 0 spiro atoms. The molecule has 1 heterocycles. The van der Waals surface area contributed by atoms with Crippen LogP contribution in [0.3, 0.4) is 0 Å². The van der Waals surface area contributed by atoms with E-state index in [1.807, 2.05) is 11.0 Å². The van der Waals surface area contributed by atoms with E-state index in [0.29, 0.717) is 12.2 Å². The molecule has 6 nitrogen and oxygen atoms in total. The molecule has 19 heavy (non-hydrogen) atoms. The molecular weight excluding hydrogens is 246 g/mol. The minimum atomic E-state index is -0.777. The van der Waals surface area contributed by atoms with Gasteiger partial charge in [-0.2, -0.15) is 5.26 Å². The molecule has 1 unspecified atom stereocenters. The minimum Gasteiger partial charge on any atom is -0.388 e. The first kappa shape index (κ1) is 13.3. The summed E-state index contributed by atoms with van der Waals surface area (Å²) >= 11 is 0. The number of hydrogen-bond donors (Lipinski definition) is 1. The van der Waals surface area contributed by atoms with Gasteiger partial charge in [-0.05, 0) is 31.9 Å². The number of nitro benzene ring substituents is 1. The van der Waals surface area contributed by atoms with E-state index >= 15 is 0 Å². The predicted molar refractivity (Wildman–Crippen MR) is 69.9 cm³/mol. The molecule has 0 amide bonds. The molecule has 0 radical (unpaired) electrons. The fraction of sp³-hybridized carbons (Fsp3) is 0.462. The second-order valence-corrected chi connectivity index (χ2v) is 5.09. The van der Waals surface area contributed by atoms with Crippen LogP contribution in [0.1, 0.15) is 25.3 Å². The van der Waals surface area contributed by atoms with E-state index in [1.165, 1.54) is 12.1 Å². The lowest BCUT2D eigenvalue weighted by Gasteiger charge is -2.38. The van der Waals surface area contributed by atoms with Crippen molar-refractivity contribution in [3.05, 3.63) is 33.9 Å². The molecule has 2 rings (SSSR count). The van der Waals surface area contributed by atoms with Gasteiger partial charge in [-0.25, -0.2) is 0 Å². The van der Waals surface area contributed by atoms with Crippen molar-refractivity contribution in [2.45, 2.75) is 25.4 Å². The van der Waals surface area contributed by atoms with Crippen LogP contribution in [0.5, 0.6) is 0 Å². The van der Waals surface area contributed by atoms with Gasteiger partial charge >= 0.3 is 0 Å². The molecule has 6 heteroatoms. The molecule has 1 atom stereocenters. The van der Waals surface area contributed by atoms with E-state index < -0.39 is 10.5 Å². The lowest BCUT2D eigenvalue weighted by Crippen LogP contribution is -2.46. The quantitative estimate of drug-likeness (QED) is 0.647. The Kier molecular flexibility index (Phi) is 3.40. The number of nitro groups is 1. The number of benzene rings is 1. The van der Waals surface area contributed by atoms with Crippen molar-refractivity contribution in [1.29, 1.82) is 5.26 Å². The van der Waals surface area contributed by atoms with Crippen LogP contribution in [-0.4, -0.2) is 28.7 Å². The summed E-state index contributed by atoms with van der Waals surface area (Å²) in [6.45, 7) is 2.95. The second kappa shape index (κ2) is 4.86. The summed E-state index contributed by atoms with van der Waals surface area (Å²) < 4.78 is 0. The van der Waals surface area contributed by atoms with Crippen molar-refractivity contribution in [3.8, 4) is 6.07 Å². The topological polar surface area (TPSA) is 90.4 Å². The third-order valence-electron chi connectivity index (χ3n) is 3.34. The summed E-state index contributed by atoms with van der Waals surface area (Å²) in [6.07, 6.45) is 1.56. The number of nitriles is 1. The molecule has 0 aromatic heterocycles. The zero-order chi connectivity index (χ0) is 14.0. The van der Waals surface area contributed by atoms with Crippen LogP contribution >= 0.6 is 0 Å². The van der Waals surface area contributed by atoms with E-state index in [1.54, 1.807) is 13.0 Å². The average Bonchev–Trinajstić information content (AvgIpc) is 2.36. The van der Waals surface area contributed by atoms with Gasteiger partial charge < -0.3 is 10.0 Å². The molecule has 1 aliphatic rings. The van der Waals surface area contributed by atoms with Gasteiger partial charge in [0, 0.05) is 24.8 Å². The maximum absolute atomic E-state index is 10.9. The third kappa shape index (κ3) is 2.83. The highest BCUT2D eigenvalue weighted by Crippen LogP contribution is 2.29. The molecule has 0 aliphatic carbocycles. The number of anilines is 1. The number of β-amino-alcohol motifs (C(OH)–C–C–N with tert-alkyl or cyclic N) is 1. The van der Waals surface area contributed by atoms with Crippen molar-refractivity contribution in [3.63, 3.8) is 0 Å². The van der Waals surface area contributed by atoms with Crippen molar-refractivity contribution in [2.24, 2.45) is 0 Å². The van der Waals surface area contributed by atoms with Crippen LogP contribution < -0.4 is 4.90 Å². The Labute approximate surface area is 111 Å². The highest BCUT2D eigenvalue weighted by Gasteiger charge is 2.29. The molecule has 0 saturated carbocycles. The lowest BCUT2D eigenvalue weighted by molar-refractivity contribution is -0.385. The first-order valence-electron chi connectivity index (χ1n) is 6.09. The lowest BCUT2D eigenvalue weighted by atomic mass is 9.94. The maximum atomic E-state index is 10.9. The first-order chi connectivity index (χ1) is 8.93. The van der Waals surface area contributed by atoms with Crippen LogP contribution in [0, 0.1) is 21.4 Å². The SMILES string of the molecule is CC1(O)CCCN(c2ccc(C#N)c([N+](=O)[O-])c2)C1. The molecular formula is C13H15N3O3. The number of rotatable bonds is 2. The normalized spacial score (nSPS) is 22.9. The largest absolute Gasteiger partial charge is 0.388 e.